The monoisotopic (exact) mass is 570 g/mol. The number of hydrogen-bond donors (Lipinski definition) is 0. The summed E-state index contributed by atoms with van der Waals surface area (Å²) in [6.07, 6.45) is 0. The summed E-state index contributed by atoms with van der Waals surface area (Å²) in [6, 6.07) is 11.0. The van der Waals surface area contributed by atoms with E-state index in [0.717, 1.165) is 17.9 Å². The van der Waals surface area contributed by atoms with E-state index >= 15 is 0 Å². The molecule has 0 aromatic heterocycles. The van der Waals surface area contributed by atoms with Crippen LogP contribution in [0.3, 0.4) is 0 Å². The maximum atomic E-state index is 3.86. The SMILES string of the molecule is CC(C)(C)c1c(Br)c(Br)c2c(Br)c(Br)c3cccc4ccc1c2c43. The molecule has 0 spiro atoms. The quantitative estimate of drug-likeness (QED) is 0.184. The molecule has 0 fully saturated rings. The van der Waals surface area contributed by atoms with Crippen LogP contribution in [0, 0.1) is 0 Å². The van der Waals surface area contributed by atoms with E-state index in [1.807, 2.05) is 0 Å². The molecule has 4 aromatic carbocycles. The fourth-order valence-electron chi connectivity index (χ4n) is 3.64. The minimum absolute atomic E-state index is 0.0351. The highest BCUT2D eigenvalue weighted by Crippen LogP contribution is 2.51. The molecule has 0 heterocycles. The Bertz CT molecular complexity index is 1120. The predicted octanol–water partition coefficient (Wildman–Crippen LogP) is 8.93. The van der Waals surface area contributed by atoms with Gasteiger partial charge in [0.1, 0.15) is 0 Å². The van der Waals surface area contributed by atoms with Gasteiger partial charge < -0.3 is 0 Å². The molecule has 0 amide bonds. The zero-order valence-corrected chi connectivity index (χ0v) is 19.7. The van der Waals surface area contributed by atoms with Gasteiger partial charge >= 0.3 is 0 Å². The van der Waals surface area contributed by atoms with Crippen LogP contribution in [-0.2, 0) is 5.41 Å². The van der Waals surface area contributed by atoms with Crippen molar-refractivity contribution in [2.45, 2.75) is 26.2 Å². The van der Waals surface area contributed by atoms with Gasteiger partial charge in [-0.25, -0.2) is 0 Å². The minimum Gasteiger partial charge on any atom is -0.0610 e. The van der Waals surface area contributed by atoms with Crippen molar-refractivity contribution in [3.63, 3.8) is 0 Å². The fourth-order valence-corrected chi connectivity index (χ4v) is 6.65. The largest absolute Gasteiger partial charge is 0.0610 e. The maximum Gasteiger partial charge on any atom is 0.0414 e. The van der Waals surface area contributed by atoms with Gasteiger partial charge in [-0.2, -0.15) is 0 Å². The lowest BCUT2D eigenvalue weighted by Gasteiger charge is -2.27. The van der Waals surface area contributed by atoms with Gasteiger partial charge in [0, 0.05) is 28.7 Å². The molecule has 122 valence electrons. The summed E-state index contributed by atoms with van der Waals surface area (Å²) in [6.45, 7) is 6.80. The lowest BCUT2D eigenvalue weighted by atomic mass is 9.81. The van der Waals surface area contributed by atoms with Crippen molar-refractivity contribution in [1.82, 2.24) is 0 Å². The second-order valence-corrected chi connectivity index (χ2v) is 10.3. The third-order valence-corrected chi connectivity index (χ3v) is 8.86. The zero-order chi connectivity index (χ0) is 17.4. The van der Waals surface area contributed by atoms with Gasteiger partial charge in [-0.15, -0.1) is 0 Å². The zero-order valence-electron chi connectivity index (χ0n) is 13.4. The normalized spacial score (nSPS) is 12.8. The Labute approximate surface area is 174 Å². The van der Waals surface area contributed by atoms with Crippen molar-refractivity contribution in [2.75, 3.05) is 0 Å². The molecule has 0 aliphatic rings. The summed E-state index contributed by atoms with van der Waals surface area (Å²) in [7, 11) is 0. The summed E-state index contributed by atoms with van der Waals surface area (Å²) in [4.78, 5) is 0. The molecule has 0 saturated heterocycles. The Kier molecular flexibility index (Phi) is 4.08. The van der Waals surface area contributed by atoms with Crippen molar-refractivity contribution in [2.24, 2.45) is 0 Å². The molecule has 4 aromatic rings. The van der Waals surface area contributed by atoms with Gasteiger partial charge in [0.15, 0.2) is 0 Å². The van der Waals surface area contributed by atoms with E-state index in [1.165, 1.54) is 37.9 Å². The summed E-state index contributed by atoms with van der Waals surface area (Å²) < 4.78 is 4.43. The third kappa shape index (κ3) is 2.26. The van der Waals surface area contributed by atoms with Gasteiger partial charge in [-0.1, -0.05) is 51.1 Å². The van der Waals surface area contributed by atoms with Crippen molar-refractivity contribution in [3.05, 3.63) is 53.8 Å². The Morgan fingerprint density at radius 2 is 1.29 bits per heavy atom. The number of halogens is 4. The van der Waals surface area contributed by atoms with E-state index in [-0.39, 0.29) is 5.41 Å². The molecule has 0 bridgehead atoms. The topological polar surface area (TPSA) is 0 Å². The first kappa shape index (κ1) is 17.3. The van der Waals surface area contributed by atoms with Crippen LogP contribution in [0.2, 0.25) is 0 Å². The van der Waals surface area contributed by atoms with Gasteiger partial charge in [-0.05, 0) is 96.2 Å². The second-order valence-electron chi connectivity index (χ2n) is 7.15. The minimum atomic E-state index is 0.0351. The smallest absolute Gasteiger partial charge is 0.0414 e. The van der Waals surface area contributed by atoms with Gasteiger partial charge in [0.25, 0.3) is 0 Å². The van der Waals surface area contributed by atoms with Crippen LogP contribution >= 0.6 is 63.7 Å². The summed E-state index contributed by atoms with van der Waals surface area (Å²) >= 11 is 15.3. The van der Waals surface area contributed by atoms with Crippen LogP contribution in [-0.4, -0.2) is 0 Å². The molecule has 0 aliphatic carbocycles. The van der Waals surface area contributed by atoms with Crippen LogP contribution in [0.1, 0.15) is 26.3 Å². The molecule has 4 heteroatoms. The Hall–Kier alpha value is -0.160. The van der Waals surface area contributed by atoms with E-state index in [9.17, 15) is 0 Å². The molecule has 0 radical (unpaired) electrons. The Morgan fingerprint density at radius 1 is 0.625 bits per heavy atom. The number of rotatable bonds is 0. The maximum absolute atomic E-state index is 3.86. The summed E-state index contributed by atoms with van der Waals surface area (Å²) in [5.74, 6) is 0. The van der Waals surface area contributed by atoms with Gasteiger partial charge in [0.05, 0.1) is 0 Å². The predicted molar refractivity (Wildman–Crippen MR) is 120 cm³/mol. The summed E-state index contributed by atoms with van der Waals surface area (Å²) in [5.41, 5.74) is 1.37. The van der Waals surface area contributed by atoms with E-state index in [1.54, 1.807) is 0 Å². The molecule has 24 heavy (non-hydrogen) atoms. The molecule has 0 saturated carbocycles. The lowest BCUT2D eigenvalue weighted by molar-refractivity contribution is 0.593. The highest BCUT2D eigenvalue weighted by Gasteiger charge is 2.27. The van der Waals surface area contributed by atoms with Crippen molar-refractivity contribution >= 4 is 96.0 Å². The lowest BCUT2D eigenvalue weighted by Crippen LogP contribution is -2.13. The first-order chi connectivity index (χ1) is 11.2. The van der Waals surface area contributed by atoms with E-state index in [2.05, 4.69) is 115 Å². The molecular formula is C20H14Br4. The molecule has 0 nitrogen and oxygen atoms in total. The molecule has 0 aliphatic heterocycles. The first-order valence-electron chi connectivity index (χ1n) is 7.66. The number of hydrogen-bond acceptors (Lipinski definition) is 0. The highest BCUT2D eigenvalue weighted by molar-refractivity contribution is 9.13. The van der Waals surface area contributed by atoms with Crippen LogP contribution in [0.5, 0.6) is 0 Å². The third-order valence-electron chi connectivity index (χ3n) is 4.60. The van der Waals surface area contributed by atoms with Crippen LogP contribution in [0.15, 0.2) is 48.2 Å². The molecular weight excluding hydrogens is 560 g/mol. The highest BCUT2D eigenvalue weighted by atomic mass is 79.9. The van der Waals surface area contributed by atoms with Crippen molar-refractivity contribution < 1.29 is 0 Å². The van der Waals surface area contributed by atoms with Crippen LogP contribution in [0.4, 0.5) is 0 Å². The Balaban J connectivity index is 2.46. The second kappa shape index (κ2) is 5.67. The number of benzene rings is 4. The first-order valence-corrected chi connectivity index (χ1v) is 10.8. The van der Waals surface area contributed by atoms with Crippen molar-refractivity contribution in [3.8, 4) is 0 Å². The van der Waals surface area contributed by atoms with E-state index in [0.29, 0.717) is 0 Å². The average Bonchev–Trinajstić information content (AvgIpc) is 2.52. The Morgan fingerprint density at radius 3 is 1.96 bits per heavy atom. The van der Waals surface area contributed by atoms with Crippen LogP contribution < -0.4 is 0 Å². The van der Waals surface area contributed by atoms with Crippen molar-refractivity contribution in [1.29, 1.82) is 0 Å². The van der Waals surface area contributed by atoms with Crippen LogP contribution in [0.25, 0.3) is 32.3 Å². The van der Waals surface area contributed by atoms with Gasteiger partial charge in [-0.3, -0.25) is 0 Å². The summed E-state index contributed by atoms with van der Waals surface area (Å²) in [5, 5.41) is 7.67. The fraction of sp³-hybridized carbons (Fsp3) is 0.200. The molecule has 0 N–H and O–H groups in total. The standard InChI is InChI=1S/C20H14Br4/c1-20(2,3)15-10-8-7-9-5-4-6-11-12(9)13(10)14(17(22)16(11)21)18(23)19(15)24/h4-8H,1-3H3. The van der Waals surface area contributed by atoms with E-state index in [4.69, 9.17) is 0 Å². The molecule has 0 unspecified atom stereocenters. The average molecular weight is 574 g/mol. The van der Waals surface area contributed by atoms with E-state index < -0.39 is 0 Å². The van der Waals surface area contributed by atoms with Gasteiger partial charge in [0.2, 0.25) is 0 Å². The molecule has 4 rings (SSSR count). The molecule has 0 atom stereocenters.